The van der Waals surface area contributed by atoms with Gasteiger partial charge in [-0.15, -0.1) is 0 Å². The van der Waals surface area contributed by atoms with Crippen LogP contribution in [-0.4, -0.2) is 29.2 Å². The van der Waals surface area contributed by atoms with Gasteiger partial charge in [-0.25, -0.2) is 4.98 Å². The predicted molar refractivity (Wildman–Crippen MR) is 54.1 cm³/mol. The van der Waals surface area contributed by atoms with Crippen molar-refractivity contribution in [2.75, 3.05) is 19.6 Å². The Morgan fingerprint density at radius 3 is 3.21 bits per heavy atom. The van der Waals surface area contributed by atoms with E-state index in [0.717, 1.165) is 32.5 Å². The molecule has 2 N–H and O–H groups in total. The van der Waals surface area contributed by atoms with E-state index in [1.165, 1.54) is 11.4 Å². The van der Waals surface area contributed by atoms with Crippen molar-refractivity contribution in [3.63, 3.8) is 0 Å². The van der Waals surface area contributed by atoms with Gasteiger partial charge in [0.05, 0.1) is 17.6 Å². The van der Waals surface area contributed by atoms with Gasteiger partial charge in [-0.2, -0.15) is 0 Å². The fourth-order valence-electron chi connectivity index (χ4n) is 2.70. The molecule has 14 heavy (non-hydrogen) atoms. The third-order valence-corrected chi connectivity index (χ3v) is 3.49. The second-order valence-corrected chi connectivity index (χ2v) is 4.34. The molecule has 1 fully saturated rings. The summed E-state index contributed by atoms with van der Waals surface area (Å²) >= 11 is 0. The summed E-state index contributed by atoms with van der Waals surface area (Å²) in [5.74, 6) is 0. The zero-order valence-electron chi connectivity index (χ0n) is 8.51. The molecule has 0 saturated carbocycles. The van der Waals surface area contributed by atoms with Crippen molar-refractivity contribution in [3.8, 4) is 0 Å². The Kier molecular flexibility index (Phi) is 1.69. The summed E-state index contributed by atoms with van der Waals surface area (Å²) in [6.45, 7) is 3.20. The number of hydrogen-bond acceptors (Lipinski definition) is 3. The van der Waals surface area contributed by atoms with Gasteiger partial charge in [0.25, 0.3) is 0 Å². The third kappa shape index (κ3) is 0.980. The van der Waals surface area contributed by atoms with Crippen LogP contribution in [0, 0.1) is 0 Å². The van der Waals surface area contributed by atoms with E-state index in [0.29, 0.717) is 0 Å². The molecule has 1 saturated heterocycles. The van der Waals surface area contributed by atoms with Crippen molar-refractivity contribution in [2.45, 2.75) is 18.4 Å². The zero-order chi connectivity index (χ0) is 9.60. The molecule has 0 aliphatic carbocycles. The molecule has 3 rings (SSSR count). The largest absolute Gasteiger partial charge is 0.337 e. The fourth-order valence-corrected chi connectivity index (χ4v) is 2.70. The van der Waals surface area contributed by atoms with Crippen LogP contribution in [0.15, 0.2) is 6.33 Å². The second-order valence-electron chi connectivity index (χ2n) is 4.34. The molecule has 0 aromatic carbocycles. The quantitative estimate of drug-likeness (QED) is 0.596. The zero-order valence-corrected chi connectivity index (χ0v) is 8.51. The highest BCUT2D eigenvalue weighted by Gasteiger charge is 2.41. The lowest BCUT2D eigenvalue weighted by atomic mass is 9.88. The average Bonchev–Trinajstić information content (AvgIpc) is 2.77. The molecule has 2 aliphatic rings. The van der Waals surface area contributed by atoms with Gasteiger partial charge in [-0.05, 0) is 13.0 Å². The Balaban J connectivity index is 2.10. The number of nitrogens with zero attached hydrogens (tertiary/aromatic N) is 2. The average molecular weight is 192 g/mol. The lowest BCUT2D eigenvalue weighted by molar-refractivity contribution is 0.334. The first-order chi connectivity index (χ1) is 6.82. The molecular formula is C10H16N4. The first kappa shape index (κ1) is 8.44. The monoisotopic (exact) mass is 192 g/mol. The molecule has 0 amide bonds. The number of fused-ring (bicyclic) bond motifs is 2. The van der Waals surface area contributed by atoms with Gasteiger partial charge < -0.3 is 15.2 Å². The van der Waals surface area contributed by atoms with Crippen LogP contribution in [0.25, 0.3) is 0 Å². The van der Waals surface area contributed by atoms with Crippen LogP contribution in [0.2, 0.25) is 0 Å². The van der Waals surface area contributed by atoms with Crippen LogP contribution in [0.5, 0.6) is 0 Å². The Morgan fingerprint density at radius 1 is 1.50 bits per heavy atom. The standard InChI is InChI=1S/C10H16N4/c1-14-7-12-9-8(14)2-4-13-10(9)3-5-11-6-10/h7,11,13H,2-6H2,1H3. The summed E-state index contributed by atoms with van der Waals surface area (Å²) < 4.78 is 2.16. The highest BCUT2D eigenvalue weighted by atomic mass is 15.2. The smallest absolute Gasteiger partial charge is 0.0949 e. The summed E-state index contributed by atoms with van der Waals surface area (Å²) in [5.41, 5.74) is 2.82. The SMILES string of the molecule is Cn1cnc2c1CCNC21CCNC1. The third-order valence-electron chi connectivity index (χ3n) is 3.49. The van der Waals surface area contributed by atoms with Gasteiger partial charge in [-0.1, -0.05) is 0 Å². The summed E-state index contributed by atoms with van der Waals surface area (Å²) in [6.07, 6.45) is 4.21. The lowest BCUT2D eigenvalue weighted by Gasteiger charge is -2.33. The van der Waals surface area contributed by atoms with Crippen molar-refractivity contribution in [1.29, 1.82) is 0 Å². The van der Waals surface area contributed by atoms with Gasteiger partial charge in [0, 0.05) is 32.3 Å². The Hall–Kier alpha value is -0.870. The first-order valence-corrected chi connectivity index (χ1v) is 5.28. The minimum Gasteiger partial charge on any atom is -0.337 e. The molecule has 76 valence electrons. The van der Waals surface area contributed by atoms with Crippen LogP contribution >= 0.6 is 0 Å². The van der Waals surface area contributed by atoms with Crippen molar-refractivity contribution < 1.29 is 0 Å². The summed E-state index contributed by atoms with van der Waals surface area (Å²) in [4.78, 5) is 4.55. The van der Waals surface area contributed by atoms with E-state index in [9.17, 15) is 0 Å². The number of nitrogens with one attached hydrogen (secondary N) is 2. The minimum atomic E-state index is 0.134. The molecule has 0 radical (unpaired) electrons. The number of aromatic nitrogens is 2. The molecule has 2 aliphatic heterocycles. The molecule has 3 heterocycles. The maximum Gasteiger partial charge on any atom is 0.0949 e. The van der Waals surface area contributed by atoms with Crippen molar-refractivity contribution >= 4 is 0 Å². The van der Waals surface area contributed by atoms with Crippen molar-refractivity contribution in [3.05, 3.63) is 17.7 Å². The van der Waals surface area contributed by atoms with Gasteiger partial charge in [-0.3, -0.25) is 0 Å². The first-order valence-electron chi connectivity index (χ1n) is 5.28. The number of imidazole rings is 1. The molecule has 1 aromatic rings. The van der Waals surface area contributed by atoms with Gasteiger partial charge >= 0.3 is 0 Å². The molecule has 4 nitrogen and oxygen atoms in total. The van der Waals surface area contributed by atoms with Crippen LogP contribution < -0.4 is 10.6 Å². The van der Waals surface area contributed by atoms with E-state index >= 15 is 0 Å². The second kappa shape index (κ2) is 2.81. The van der Waals surface area contributed by atoms with Crippen molar-refractivity contribution in [1.82, 2.24) is 20.2 Å². The van der Waals surface area contributed by atoms with E-state index in [1.54, 1.807) is 0 Å². The predicted octanol–water partition coefficient (Wildman–Crippen LogP) is -0.246. The molecular weight excluding hydrogens is 176 g/mol. The van der Waals surface area contributed by atoms with E-state index in [-0.39, 0.29) is 5.54 Å². The highest BCUT2D eigenvalue weighted by molar-refractivity contribution is 5.28. The summed E-state index contributed by atoms with van der Waals surface area (Å²) in [6, 6.07) is 0. The molecule has 1 spiro atoms. The van der Waals surface area contributed by atoms with Crippen LogP contribution in [0.3, 0.4) is 0 Å². The van der Waals surface area contributed by atoms with Gasteiger partial charge in [0.1, 0.15) is 0 Å². The Bertz CT molecular complexity index is 349. The lowest BCUT2D eigenvalue weighted by Crippen LogP contribution is -2.49. The normalized spacial score (nSPS) is 30.9. The van der Waals surface area contributed by atoms with E-state index in [2.05, 4.69) is 27.2 Å². The van der Waals surface area contributed by atoms with E-state index in [1.807, 2.05) is 6.33 Å². The molecule has 1 aromatic heterocycles. The fraction of sp³-hybridized carbons (Fsp3) is 0.700. The van der Waals surface area contributed by atoms with Crippen LogP contribution in [0.4, 0.5) is 0 Å². The highest BCUT2D eigenvalue weighted by Crippen LogP contribution is 2.31. The van der Waals surface area contributed by atoms with Crippen molar-refractivity contribution in [2.24, 2.45) is 7.05 Å². The van der Waals surface area contributed by atoms with E-state index < -0.39 is 0 Å². The Labute approximate surface area is 83.7 Å². The minimum absolute atomic E-state index is 0.134. The van der Waals surface area contributed by atoms with Crippen LogP contribution in [0.1, 0.15) is 17.8 Å². The van der Waals surface area contributed by atoms with Crippen LogP contribution in [-0.2, 0) is 19.0 Å². The number of hydrogen-bond donors (Lipinski definition) is 2. The van der Waals surface area contributed by atoms with Gasteiger partial charge in [0.2, 0.25) is 0 Å². The molecule has 4 heteroatoms. The maximum atomic E-state index is 4.55. The topological polar surface area (TPSA) is 41.9 Å². The summed E-state index contributed by atoms with van der Waals surface area (Å²) in [7, 11) is 2.09. The number of aryl methyl sites for hydroxylation is 1. The maximum absolute atomic E-state index is 4.55. The molecule has 1 unspecified atom stereocenters. The molecule has 1 atom stereocenters. The number of rotatable bonds is 0. The van der Waals surface area contributed by atoms with E-state index in [4.69, 9.17) is 0 Å². The molecule has 0 bridgehead atoms. The van der Waals surface area contributed by atoms with Gasteiger partial charge in [0.15, 0.2) is 0 Å². The summed E-state index contributed by atoms with van der Waals surface area (Å²) in [5, 5.41) is 7.05. The Morgan fingerprint density at radius 2 is 2.43 bits per heavy atom.